The summed E-state index contributed by atoms with van der Waals surface area (Å²) in [4.78, 5) is 0. The van der Waals surface area contributed by atoms with Crippen molar-refractivity contribution in [3.63, 3.8) is 0 Å². The molecule has 0 saturated heterocycles. The van der Waals surface area contributed by atoms with E-state index in [9.17, 15) is 0 Å². The molecule has 56 valence electrons. The summed E-state index contributed by atoms with van der Waals surface area (Å²) in [5, 5.41) is 3.15. The summed E-state index contributed by atoms with van der Waals surface area (Å²) < 4.78 is 2.01. The molecule has 0 saturated carbocycles. The van der Waals surface area contributed by atoms with Crippen molar-refractivity contribution >= 4 is 6.08 Å². The molecule has 0 radical (unpaired) electrons. The zero-order valence-corrected chi connectivity index (χ0v) is 6.81. The minimum absolute atomic E-state index is 1.10. The van der Waals surface area contributed by atoms with Crippen LogP contribution >= 0.6 is 0 Å². The summed E-state index contributed by atoms with van der Waals surface area (Å²) in [5.74, 6) is 0. The normalized spacial score (nSPS) is 11.5. The van der Waals surface area contributed by atoms with Crippen molar-refractivity contribution in [3.8, 4) is 0 Å². The fourth-order valence-corrected chi connectivity index (χ4v) is 0.867. The third-order valence-electron chi connectivity index (χ3n) is 1.70. The van der Waals surface area contributed by atoms with Gasteiger partial charge >= 0.3 is 0 Å². The van der Waals surface area contributed by atoms with Gasteiger partial charge in [0.1, 0.15) is 0 Å². The van der Waals surface area contributed by atoms with Gasteiger partial charge in [0.25, 0.3) is 0 Å². The molecule has 2 nitrogen and oxygen atoms in total. The lowest BCUT2D eigenvalue weighted by Gasteiger charge is -2.14. The summed E-state index contributed by atoms with van der Waals surface area (Å²) in [5.41, 5.74) is 2.55. The minimum Gasteiger partial charge on any atom is -0.297 e. The van der Waals surface area contributed by atoms with Crippen molar-refractivity contribution < 1.29 is 0 Å². The quantitative estimate of drug-likeness (QED) is 0.646. The van der Waals surface area contributed by atoms with Gasteiger partial charge in [-0.25, -0.2) is 0 Å². The number of hydrogen-bond acceptors (Lipinski definition) is 0. The Hall–Kier alpha value is -0.920. The maximum atomic E-state index is 3.15. The maximum absolute atomic E-state index is 3.15. The van der Waals surface area contributed by atoms with E-state index in [-0.39, 0.29) is 0 Å². The highest BCUT2D eigenvalue weighted by atomic mass is 15.3. The largest absolute Gasteiger partial charge is 0.297 e. The summed E-state index contributed by atoms with van der Waals surface area (Å²) >= 11 is 0. The Morgan fingerprint density at radius 2 is 2.30 bits per heavy atom. The van der Waals surface area contributed by atoms with Gasteiger partial charge in [0, 0.05) is 7.05 Å². The number of rotatable bonds is 2. The summed E-state index contributed by atoms with van der Waals surface area (Å²) in [6, 6.07) is 0. The Labute approximate surface area is 61.5 Å². The van der Waals surface area contributed by atoms with Crippen LogP contribution in [0.25, 0.3) is 6.08 Å². The molecular formula is C8H14N2. The highest BCUT2D eigenvalue weighted by Crippen LogP contribution is 2.07. The first-order valence-corrected chi connectivity index (χ1v) is 3.63. The van der Waals surface area contributed by atoms with Gasteiger partial charge in [0.2, 0.25) is 0 Å². The fraction of sp³-hybridized carbons (Fsp3) is 0.500. The first-order chi connectivity index (χ1) is 4.75. The molecule has 0 amide bonds. The third-order valence-corrected chi connectivity index (χ3v) is 1.70. The molecule has 2 heteroatoms. The van der Waals surface area contributed by atoms with Gasteiger partial charge in [-0.2, -0.15) is 0 Å². The Morgan fingerprint density at radius 3 is 2.70 bits per heavy atom. The maximum Gasteiger partial charge on any atom is 0.0746 e. The molecular weight excluding hydrogens is 124 g/mol. The fourth-order valence-electron chi connectivity index (χ4n) is 0.867. The molecule has 10 heavy (non-hydrogen) atoms. The molecule has 0 fully saturated rings. The van der Waals surface area contributed by atoms with Gasteiger partial charge in [0.05, 0.1) is 11.4 Å². The van der Waals surface area contributed by atoms with Crippen LogP contribution in [0.15, 0.2) is 6.08 Å². The van der Waals surface area contributed by atoms with E-state index in [1.807, 2.05) is 11.7 Å². The van der Waals surface area contributed by atoms with E-state index in [4.69, 9.17) is 0 Å². The minimum atomic E-state index is 1.10. The third kappa shape index (κ3) is 1.15. The van der Waals surface area contributed by atoms with E-state index in [1.54, 1.807) is 0 Å². The lowest BCUT2D eigenvalue weighted by molar-refractivity contribution is 0.645. The second kappa shape index (κ2) is 2.78. The monoisotopic (exact) mass is 138 g/mol. The molecule has 0 aliphatic rings. The highest BCUT2D eigenvalue weighted by Gasteiger charge is 1.99. The van der Waals surface area contributed by atoms with E-state index in [0.29, 0.717) is 0 Å². The smallest absolute Gasteiger partial charge is 0.0746 e. The van der Waals surface area contributed by atoms with Crippen molar-refractivity contribution in [1.82, 2.24) is 9.78 Å². The van der Waals surface area contributed by atoms with Crippen molar-refractivity contribution in [1.29, 1.82) is 0 Å². The van der Waals surface area contributed by atoms with Gasteiger partial charge in [-0.05, 0) is 19.4 Å². The molecule has 0 spiro atoms. The molecule has 0 bridgehead atoms. The summed E-state index contributed by atoms with van der Waals surface area (Å²) in [6.07, 6.45) is 5.37. The van der Waals surface area contributed by atoms with Crippen molar-refractivity contribution in [2.24, 2.45) is 7.05 Å². The zero-order chi connectivity index (χ0) is 7.56. The van der Waals surface area contributed by atoms with Crippen molar-refractivity contribution in [2.75, 3.05) is 0 Å². The molecule has 0 aliphatic heterocycles. The molecule has 0 aliphatic carbocycles. The van der Waals surface area contributed by atoms with Gasteiger partial charge in [-0.1, -0.05) is 13.0 Å². The second-order valence-corrected chi connectivity index (χ2v) is 2.48. The zero-order valence-electron chi connectivity index (χ0n) is 6.81. The molecule has 0 unspecified atom stereocenters. The van der Waals surface area contributed by atoms with Crippen LogP contribution in [0.4, 0.5) is 0 Å². The average molecular weight is 138 g/mol. The summed E-state index contributed by atoms with van der Waals surface area (Å²) in [7, 11) is 2.01. The predicted molar refractivity (Wildman–Crippen MR) is 43.8 cm³/mol. The van der Waals surface area contributed by atoms with E-state index in [2.05, 4.69) is 31.1 Å². The topological polar surface area (TPSA) is 20.7 Å². The Bertz CT molecular complexity index is 228. The molecule has 1 N–H and O–H groups in total. The number of nitrogens with zero attached hydrogens (tertiary/aromatic N) is 1. The van der Waals surface area contributed by atoms with Gasteiger partial charge < -0.3 is 0 Å². The average Bonchev–Trinajstić information content (AvgIpc) is 1.97. The van der Waals surface area contributed by atoms with Gasteiger partial charge in [0.15, 0.2) is 0 Å². The SMILES string of the molecule is CC/C=C\c1[nH]n(C)c1C. The molecule has 0 atom stereocenters. The van der Waals surface area contributed by atoms with Crippen molar-refractivity contribution in [2.45, 2.75) is 20.3 Å². The highest BCUT2D eigenvalue weighted by molar-refractivity contribution is 5.47. The van der Waals surface area contributed by atoms with Gasteiger partial charge in [-0.15, -0.1) is 0 Å². The van der Waals surface area contributed by atoms with Crippen LogP contribution in [0.3, 0.4) is 0 Å². The molecule has 1 aromatic heterocycles. The first-order valence-electron chi connectivity index (χ1n) is 3.63. The molecule has 1 aromatic rings. The van der Waals surface area contributed by atoms with E-state index < -0.39 is 0 Å². The molecule has 0 aromatic carbocycles. The van der Waals surface area contributed by atoms with Crippen LogP contribution in [0.2, 0.25) is 0 Å². The lowest BCUT2D eigenvalue weighted by Crippen LogP contribution is -2.11. The van der Waals surface area contributed by atoms with Crippen LogP contribution in [0.1, 0.15) is 24.7 Å². The number of H-pyrrole nitrogens is 1. The number of allylic oxidation sites excluding steroid dienone is 1. The number of hydrogen-bond donors (Lipinski definition) is 1. The number of nitrogens with one attached hydrogen (secondary N) is 1. The predicted octanol–water partition coefficient (Wildman–Crippen LogP) is 2.08. The Balaban J connectivity index is 2.63. The van der Waals surface area contributed by atoms with Crippen LogP contribution in [0.5, 0.6) is 0 Å². The number of aromatic nitrogens is 2. The van der Waals surface area contributed by atoms with Crippen molar-refractivity contribution in [3.05, 3.63) is 17.5 Å². The number of aryl methyl sites for hydroxylation is 1. The van der Waals surface area contributed by atoms with Crippen LogP contribution in [-0.4, -0.2) is 9.78 Å². The Morgan fingerprint density at radius 1 is 1.60 bits per heavy atom. The summed E-state index contributed by atoms with van der Waals surface area (Å²) in [6.45, 7) is 4.24. The van der Waals surface area contributed by atoms with Crippen LogP contribution in [0, 0.1) is 6.92 Å². The van der Waals surface area contributed by atoms with Crippen LogP contribution in [-0.2, 0) is 7.05 Å². The van der Waals surface area contributed by atoms with Gasteiger partial charge in [-0.3, -0.25) is 9.78 Å². The van der Waals surface area contributed by atoms with E-state index >= 15 is 0 Å². The Kier molecular flexibility index (Phi) is 2.00. The molecule has 1 heterocycles. The van der Waals surface area contributed by atoms with Crippen LogP contribution < -0.4 is 0 Å². The second-order valence-electron chi connectivity index (χ2n) is 2.48. The lowest BCUT2D eigenvalue weighted by atomic mass is 10.2. The number of aromatic amines is 1. The van der Waals surface area contributed by atoms with E-state index in [0.717, 1.165) is 6.42 Å². The van der Waals surface area contributed by atoms with E-state index in [1.165, 1.54) is 11.4 Å². The standard InChI is InChI=1S/C8H14N2/c1-4-5-6-8-7(2)10(3)9-8/h5-6,9H,4H2,1-3H3/b6-5-. The first kappa shape index (κ1) is 7.19. The molecule has 1 rings (SSSR count).